The van der Waals surface area contributed by atoms with Crippen LogP contribution in [0, 0.1) is 0 Å². The van der Waals surface area contributed by atoms with Crippen molar-refractivity contribution in [3.05, 3.63) is 18.0 Å². The standard InChI is InChI=1S/C10H14N4S2/c1-7-6-16-5-4-14(7)10-12-3-2-8(13-10)9(11)15/h2-3,7H,4-6H2,1H3,(H2,11,15). The highest BCUT2D eigenvalue weighted by Crippen LogP contribution is 2.20. The van der Waals surface area contributed by atoms with E-state index in [2.05, 4.69) is 21.8 Å². The molecule has 1 aliphatic heterocycles. The van der Waals surface area contributed by atoms with Gasteiger partial charge in [0, 0.05) is 30.3 Å². The Labute approximate surface area is 105 Å². The molecule has 86 valence electrons. The van der Waals surface area contributed by atoms with E-state index < -0.39 is 0 Å². The molecule has 4 nitrogen and oxygen atoms in total. The maximum atomic E-state index is 5.57. The summed E-state index contributed by atoms with van der Waals surface area (Å²) in [6.07, 6.45) is 1.71. The Bertz CT molecular complexity index is 396. The molecule has 1 aromatic rings. The molecule has 0 radical (unpaired) electrons. The average molecular weight is 254 g/mol. The van der Waals surface area contributed by atoms with Crippen LogP contribution in [-0.4, -0.2) is 39.0 Å². The highest BCUT2D eigenvalue weighted by Gasteiger charge is 2.21. The Balaban J connectivity index is 2.25. The molecule has 0 amide bonds. The fraction of sp³-hybridized carbons (Fsp3) is 0.500. The second-order valence-corrected chi connectivity index (χ2v) is 5.31. The number of nitrogens with zero attached hydrogens (tertiary/aromatic N) is 3. The van der Waals surface area contributed by atoms with Crippen molar-refractivity contribution in [2.75, 3.05) is 23.0 Å². The molecule has 2 N–H and O–H groups in total. The minimum atomic E-state index is 0.322. The number of hydrogen-bond donors (Lipinski definition) is 1. The summed E-state index contributed by atoms with van der Waals surface area (Å²) < 4.78 is 0. The van der Waals surface area contributed by atoms with Crippen molar-refractivity contribution in [1.82, 2.24) is 9.97 Å². The van der Waals surface area contributed by atoms with E-state index in [9.17, 15) is 0 Å². The van der Waals surface area contributed by atoms with Gasteiger partial charge in [-0.25, -0.2) is 9.97 Å². The SMILES string of the molecule is CC1CSCCN1c1nccc(C(N)=S)n1. The fourth-order valence-corrected chi connectivity index (χ4v) is 2.78. The first-order chi connectivity index (χ1) is 7.68. The van der Waals surface area contributed by atoms with Crippen molar-refractivity contribution in [3.8, 4) is 0 Å². The normalized spacial score (nSPS) is 20.8. The summed E-state index contributed by atoms with van der Waals surface area (Å²) in [4.78, 5) is 11.2. The van der Waals surface area contributed by atoms with Crippen molar-refractivity contribution in [3.63, 3.8) is 0 Å². The molecule has 0 spiro atoms. The highest BCUT2D eigenvalue weighted by atomic mass is 32.2. The number of thiocarbonyl (C=S) groups is 1. The third kappa shape index (κ3) is 2.44. The van der Waals surface area contributed by atoms with Crippen LogP contribution in [0.3, 0.4) is 0 Å². The van der Waals surface area contributed by atoms with E-state index in [1.807, 2.05) is 11.8 Å². The third-order valence-corrected chi connectivity index (χ3v) is 3.92. The Hall–Kier alpha value is -0.880. The number of hydrogen-bond acceptors (Lipinski definition) is 5. The van der Waals surface area contributed by atoms with Gasteiger partial charge < -0.3 is 10.6 Å². The van der Waals surface area contributed by atoms with Gasteiger partial charge >= 0.3 is 0 Å². The first-order valence-corrected chi connectivity index (χ1v) is 6.72. The number of anilines is 1. The summed E-state index contributed by atoms with van der Waals surface area (Å²) >= 11 is 6.88. The summed E-state index contributed by atoms with van der Waals surface area (Å²) in [6, 6.07) is 2.20. The van der Waals surface area contributed by atoms with Crippen molar-refractivity contribution in [2.24, 2.45) is 5.73 Å². The van der Waals surface area contributed by atoms with Crippen LogP contribution in [0.5, 0.6) is 0 Å². The lowest BCUT2D eigenvalue weighted by molar-refractivity contribution is 0.677. The fourth-order valence-electron chi connectivity index (χ4n) is 1.65. The molecular formula is C10H14N4S2. The van der Waals surface area contributed by atoms with E-state index >= 15 is 0 Å². The summed E-state index contributed by atoms with van der Waals surface area (Å²) in [5.74, 6) is 2.96. The molecule has 1 unspecified atom stereocenters. The van der Waals surface area contributed by atoms with Crippen LogP contribution in [0.4, 0.5) is 5.95 Å². The maximum absolute atomic E-state index is 5.57. The van der Waals surface area contributed by atoms with Gasteiger partial charge in [-0.1, -0.05) is 12.2 Å². The van der Waals surface area contributed by atoms with Gasteiger partial charge in [-0.3, -0.25) is 0 Å². The largest absolute Gasteiger partial charge is 0.388 e. The molecule has 2 rings (SSSR count). The molecule has 0 bridgehead atoms. The lowest BCUT2D eigenvalue weighted by Crippen LogP contribution is -2.41. The zero-order valence-corrected chi connectivity index (χ0v) is 10.7. The first kappa shape index (κ1) is 11.6. The first-order valence-electron chi connectivity index (χ1n) is 5.15. The number of aromatic nitrogens is 2. The molecule has 2 heterocycles. The van der Waals surface area contributed by atoms with Crippen LogP contribution < -0.4 is 10.6 Å². The predicted octanol–water partition coefficient (Wildman–Crippen LogP) is 1.05. The third-order valence-electron chi connectivity index (χ3n) is 2.52. The monoisotopic (exact) mass is 254 g/mol. The van der Waals surface area contributed by atoms with Crippen molar-refractivity contribution < 1.29 is 0 Å². The van der Waals surface area contributed by atoms with E-state index in [-0.39, 0.29) is 0 Å². The molecule has 1 saturated heterocycles. The molecule has 1 aliphatic rings. The van der Waals surface area contributed by atoms with Crippen molar-refractivity contribution in [1.29, 1.82) is 0 Å². The van der Waals surface area contributed by atoms with Gasteiger partial charge in [0.2, 0.25) is 5.95 Å². The van der Waals surface area contributed by atoms with Crippen molar-refractivity contribution >= 4 is 34.9 Å². The van der Waals surface area contributed by atoms with E-state index in [4.69, 9.17) is 18.0 Å². The highest BCUT2D eigenvalue weighted by molar-refractivity contribution is 7.99. The average Bonchev–Trinajstić information content (AvgIpc) is 2.30. The summed E-state index contributed by atoms with van der Waals surface area (Å²) in [6.45, 7) is 3.16. The molecule has 0 saturated carbocycles. The van der Waals surface area contributed by atoms with Gasteiger partial charge in [-0.2, -0.15) is 11.8 Å². The lowest BCUT2D eigenvalue weighted by atomic mass is 10.3. The second-order valence-electron chi connectivity index (χ2n) is 3.72. The molecule has 1 fully saturated rings. The Morgan fingerprint density at radius 3 is 3.19 bits per heavy atom. The van der Waals surface area contributed by atoms with Gasteiger partial charge in [-0.15, -0.1) is 0 Å². The Morgan fingerprint density at radius 1 is 1.69 bits per heavy atom. The maximum Gasteiger partial charge on any atom is 0.226 e. The Kier molecular flexibility index (Phi) is 3.60. The van der Waals surface area contributed by atoms with Crippen LogP contribution in [0.2, 0.25) is 0 Å². The van der Waals surface area contributed by atoms with Gasteiger partial charge in [-0.05, 0) is 13.0 Å². The molecule has 0 aliphatic carbocycles. The summed E-state index contributed by atoms with van der Waals surface area (Å²) in [7, 11) is 0. The van der Waals surface area contributed by atoms with Gasteiger partial charge in [0.25, 0.3) is 0 Å². The van der Waals surface area contributed by atoms with Crippen LogP contribution in [0.15, 0.2) is 12.3 Å². The van der Waals surface area contributed by atoms with E-state index in [1.165, 1.54) is 0 Å². The minimum absolute atomic E-state index is 0.322. The van der Waals surface area contributed by atoms with Crippen LogP contribution in [0.1, 0.15) is 12.6 Å². The molecule has 0 aromatic carbocycles. The zero-order chi connectivity index (χ0) is 11.5. The molecular weight excluding hydrogens is 240 g/mol. The zero-order valence-electron chi connectivity index (χ0n) is 9.09. The quantitative estimate of drug-likeness (QED) is 0.796. The van der Waals surface area contributed by atoms with Gasteiger partial charge in [0.1, 0.15) is 10.7 Å². The molecule has 6 heteroatoms. The number of nitrogens with two attached hydrogens (primary N) is 1. The van der Waals surface area contributed by atoms with Crippen molar-refractivity contribution in [2.45, 2.75) is 13.0 Å². The molecule has 16 heavy (non-hydrogen) atoms. The second kappa shape index (κ2) is 4.97. The van der Waals surface area contributed by atoms with Gasteiger partial charge in [0.15, 0.2) is 0 Å². The Morgan fingerprint density at radius 2 is 2.50 bits per heavy atom. The van der Waals surface area contributed by atoms with Gasteiger partial charge in [0.05, 0.1) is 0 Å². The van der Waals surface area contributed by atoms with Crippen LogP contribution >= 0.6 is 24.0 Å². The van der Waals surface area contributed by atoms with E-state index in [1.54, 1.807) is 12.3 Å². The molecule has 1 atom stereocenters. The topological polar surface area (TPSA) is 55.0 Å². The van der Waals surface area contributed by atoms with Crippen LogP contribution in [-0.2, 0) is 0 Å². The predicted molar refractivity (Wildman–Crippen MR) is 72.1 cm³/mol. The number of rotatable bonds is 2. The lowest BCUT2D eigenvalue weighted by Gasteiger charge is -2.33. The smallest absolute Gasteiger partial charge is 0.226 e. The summed E-state index contributed by atoms with van der Waals surface area (Å²) in [5.41, 5.74) is 6.21. The summed E-state index contributed by atoms with van der Waals surface area (Å²) in [5, 5.41) is 0. The number of thioether (sulfide) groups is 1. The van der Waals surface area contributed by atoms with E-state index in [0.29, 0.717) is 16.7 Å². The minimum Gasteiger partial charge on any atom is -0.388 e. The molecule has 1 aromatic heterocycles. The van der Waals surface area contributed by atoms with E-state index in [0.717, 1.165) is 24.0 Å². The van der Waals surface area contributed by atoms with Crippen LogP contribution in [0.25, 0.3) is 0 Å².